The van der Waals surface area contributed by atoms with Crippen LogP contribution in [0.4, 0.5) is 0 Å². The van der Waals surface area contributed by atoms with Crippen LogP contribution in [0.3, 0.4) is 0 Å². The van der Waals surface area contributed by atoms with Gasteiger partial charge >= 0.3 is 0 Å². The highest BCUT2D eigenvalue weighted by Crippen LogP contribution is 2.27. The molecule has 1 heterocycles. The van der Waals surface area contributed by atoms with Gasteiger partial charge < -0.3 is 5.73 Å². The van der Waals surface area contributed by atoms with Gasteiger partial charge in [0.1, 0.15) is 5.01 Å². The number of hydrogen-bond donors (Lipinski definition) is 1. The number of hydrogen-bond acceptors (Lipinski definition) is 3. The molecule has 2 rings (SSSR count). The van der Waals surface area contributed by atoms with Gasteiger partial charge in [-0.3, -0.25) is 4.79 Å². The minimum absolute atomic E-state index is 0.210. The second-order valence-corrected chi connectivity index (χ2v) is 5.30. The third-order valence-electron chi connectivity index (χ3n) is 2.01. The molecule has 1 amide bonds. The lowest BCUT2D eigenvalue weighted by molar-refractivity contribution is -0.117. The fourth-order valence-electron chi connectivity index (χ4n) is 1.29. The zero-order valence-corrected chi connectivity index (χ0v) is 10.7. The number of amides is 1. The fraction of sp³-hybridized carbons (Fsp3) is 0.0909. The van der Waals surface area contributed by atoms with Crippen LogP contribution in [-0.4, -0.2) is 10.9 Å². The Labute approximate surface area is 105 Å². The van der Waals surface area contributed by atoms with Gasteiger partial charge in [0.2, 0.25) is 5.91 Å². The highest BCUT2D eigenvalue weighted by molar-refractivity contribution is 9.10. The predicted molar refractivity (Wildman–Crippen MR) is 68.1 cm³/mol. The maximum absolute atomic E-state index is 10.7. The smallest absolute Gasteiger partial charge is 0.224 e. The maximum Gasteiger partial charge on any atom is 0.224 e. The van der Waals surface area contributed by atoms with E-state index in [1.54, 1.807) is 6.20 Å². The van der Waals surface area contributed by atoms with Gasteiger partial charge in [0, 0.05) is 10.7 Å². The first-order valence-electron chi connectivity index (χ1n) is 4.64. The van der Waals surface area contributed by atoms with Crippen LogP contribution in [0.15, 0.2) is 34.9 Å². The number of halogens is 1. The third kappa shape index (κ3) is 2.68. The number of benzene rings is 1. The van der Waals surface area contributed by atoms with Gasteiger partial charge in [-0.25, -0.2) is 4.98 Å². The predicted octanol–water partition coefficient (Wildman–Crippen LogP) is 2.60. The second-order valence-electron chi connectivity index (χ2n) is 3.27. The monoisotopic (exact) mass is 296 g/mol. The minimum atomic E-state index is -0.350. The highest BCUT2D eigenvalue weighted by atomic mass is 79.9. The van der Waals surface area contributed by atoms with E-state index in [1.807, 2.05) is 24.3 Å². The van der Waals surface area contributed by atoms with Crippen molar-refractivity contribution < 1.29 is 4.79 Å². The van der Waals surface area contributed by atoms with Crippen LogP contribution in [0.5, 0.6) is 0 Å². The molecule has 1 aromatic heterocycles. The number of nitrogens with zero attached hydrogens (tertiary/aromatic N) is 1. The molecule has 3 nitrogen and oxygen atoms in total. The van der Waals surface area contributed by atoms with Crippen molar-refractivity contribution in [2.45, 2.75) is 6.42 Å². The van der Waals surface area contributed by atoms with Gasteiger partial charge in [0.25, 0.3) is 0 Å². The summed E-state index contributed by atoms with van der Waals surface area (Å²) in [6.45, 7) is 0. The minimum Gasteiger partial charge on any atom is -0.369 e. The lowest BCUT2D eigenvalue weighted by atomic mass is 10.2. The molecule has 0 unspecified atom stereocenters. The SMILES string of the molecule is NC(=O)Cc1ncc(-c2ccc(Br)cc2)s1. The number of carbonyl (C=O) groups excluding carboxylic acids is 1. The lowest BCUT2D eigenvalue weighted by Gasteiger charge is -1.95. The van der Waals surface area contributed by atoms with E-state index in [0.717, 1.165) is 19.9 Å². The first-order chi connectivity index (χ1) is 7.65. The van der Waals surface area contributed by atoms with Crippen molar-refractivity contribution in [1.82, 2.24) is 4.98 Å². The summed E-state index contributed by atoms with van der Waals surface area (Å²) < 4.78 is 1.04. The van der Waals surface area contributed by atoms with Gasteiger partial charge in [-0.1, -0.05) is 28.1 Å². The van der Waals surface area contributed by atoms with E-state index in [4.69, 9.17) is 5.73 Å². The molecule has 5 heteroatoms. The highest BCUT2D eigenvalue weighted by Gasteiger charge is 2.06. The van der Waals surface area contributed by atoms with E-state index < -0.39 is 0 Å². The Morgan fingerprint density at radius 2 is 2.06 bits per heavy atom. The molecule has 0 aliphatic rings. The Kier molecular flexibility index (Phi) is 3.36. The fourth-order valence-corrected chi connectivity index (χ4v) is 2.49. The van der Waals surface area contributed by atoms with Crippen LogP contribution in [0, 0.1) is 0 Å². The third-order valence-corrected chi connectivity index (χ3v) is 3.58. The number of nitrogens with two attached hydrogens (primary N) is 1. The van der Waals surface area contributed by atoms with E-state index in [2.05, 4.69) is 20.9 Å². The summed E-state index contributed by atoms with van der Waals surface area (Å²) in [7, 11) is 0. The first-order valence-corrected chi connectivity index (χ1v) is 6.25. The maximum atomic E-state index is 10.7. The van der Waals surface area contributed by atoms with Crippen molar-refractivity contribution in [1.29, 1.82) is 0 Å². The molecule has 0 radical (unpaired) electrons. The quantitative estimate of drug-likeness (QED) is 0.946. The molecule has 0 bridgehead atoms. The standard InChI is InChI=1S/C11H9BrN2OS/c12-8-3-1-7(2-4-8)9-6-14-11(16-9)5-10(13)15/h1-4,6H,5H2,(H2,13,15). The van der Waals surface area contributed by atoms with E-state index in [0.29, 0.717) is 0 Å². The molecule has 2 aromatic rings. The topological polar surface area (TPSA) is 56.0 Å². The molecule has 0 atom stereocenters. The summed E-state index contributed by atoms with van der Waals surface area (Å²) in [4.78, 5) is 15.9. The van der Waals surface area contributed by atoms with Crippen LogP contribution in [0.2, 0.25) is 0 Å². The van der Waals surface area contributed by atoms with Crippen molar-refractivity contribution in [2.75, 3.05) is 0 Å². The summed E-state index contributed by atoms with van der Waals surface area (Å²) in [6, 6.07) is 7.96. The van der Waals surface area contributed by atoms with Crippen molar-refractivity contribution >= 4 is 33.2 Å². The molecule has 0 saturated heterocycles. The Morgan fingerprint density at radius 1 is 1.38 bits per heavy atom. The van der Waals surface area contributed by atoms with Crippen molar-refractivity contribution in [2.24, 2.45) is 5.73 Å². The molecule has 16 heavy (non-hydrogen) atoms. The van der Waals surface area contributed by atoms with Crippen LogP contribution >= 0.6 is 27.3 Å². The van der Waals surface area contributed by atoms with Crippen molar-refractivity contribution in [3.05, 3.63) is 39.9 Å². The number of primary amides is 1. The number of rotatable bonds is 3. The number of thiazole rings is 1. The normalized spacial score (nSPS) is 10.3. The van der Waals surface area contributed by atoms with E-state index in [-0.39, 0.29) is 12.3 Å². The zero-order valence-electron chi connectivity index (χ0n) is 8.31. The Hall–Kier alpha value is -1.20. The summed E-state index contributed by atoms with van der Waals surface area (Å²) in [5, 5.41) is 0.755. The molecule has 82 valence electrons. The van der Waals surface area contributed by atoms with E-state index in [1.165, 1.54) is 11.3 Å². The van der Waals surface area contributed by atoms with Crippen LogP contribution in [0.1, 0.15) is 5.01 Å². The average Bonchev–Trinajstić information content (AvgIpc) is 2.66. The molecule has 0 saturated carbocycles. The van der Waals surface area contributed by atoms with E-state index >= 15 is 0 Å². The van der Waals surface area contributed by atoms with Crippen LogP contribution in [0.25, 0.3) is 10.4 Å². The Morgan fingerprint density at radius 3 is 2.69 bits per heavy atom. The molecule has 0 spiro atoms. The molecule has 1 aromatic carbocycles. The summed E-state index contributed by atoms with van der Waals surface area (Å²) in [5.41, 5.74) is 6.21. The second kappa shape index (κ2) is 4.76. The zero-order chi connectivity index (χ0) is 11.5. The van der Waals surface area contributed by atoms with E-state index in [9.17, 15) is 4.79 Å². The lowest BCUT2D eigenvalue weighted by Crippen LogP contribution is -2.13. The van der Waals surface area contributed by atoms with Gasteiger partial charge in [-0.05, 0) is 17.7 Å². The molecule has 0 aliphatic carbocycles. The molecule has 2 N–H and O–H groups in total. The molecular weight excluding hydrogens is 288 g/mol. The molecule has 0 fully saturated rings. The van der Waals surface area contributed by atoms with Gasteiger partial charge in [0.05, 0.1) is 11.3 Å². The van der Waals surface area contributed by atoms with Crippen LogP contribution < -0.4 is 5.73 Å². The number of carbonyl (C=O) groups is 1. The summed E-state index contributed by atoms with van der Waals surface area (Å²) in [6.07, 6.45) is 1.98. The summed E-state index contributed by atoms with van der Waals surface area (Å²) >= 11 is 4.88. The molecular formula is C11H9BrN2OS. The number of aromatic nitrogens is 1. The van der Waals surface area contributed by atoms with Gasteiger partial charge in [-0.2, -0.15) is 0 Å². The van der Waals surface area contributed by atoms with Crippen molar-refractivity contribution in [3.8, 4) is 10.4 Å². The van der Waals surface area contributed by atoms with Gasteiger partial charge in [0.15, 0.2) is 0 Å². The first kappa shape index (κ1) is 11.3. The average molecular weight is 297 g/mol. The largest absolute Gasteiger partial charge is 0.369 e. The Bertz CT molecular complexity index is 507. The van der Waals surface area contributed by atoms with Crippen LogP contribution in [-0.2, 0) is 11.2 Å². The van der Waals surface area contributed by atoms with Gasteiger partial charge in [-0.15, -0.1) is 11.3 Å². The summed E-state index contributed by atoms with van der Waals surface area (Å²) in [5.74, 6) is -0.350. The van der Waals surface area contributed by atoms with Crippen molar-refractivity contribution in [3.63, 3.8) is 0 Å². The Balaban J connectivity index is 2.24. The molecule has 0 aliphatic heterocycles.